The molecule has 0 bridgehead atoms. The molecule has 4 aliphatic heterocycles. The Morgan fingerprint density at radius 2 is 1.70 bits per heavy atom. The Kier molecular flexibility index (Phi) is 11.5. The van der Waals surface area contributed by atoms with Crippen LogP contribution in [0.3, 0.4) is 0 Å². The van der Waals surface area contributed by atoms with Gasteiger partial charge < -0.3 is 44.9 Å². The number of hydrogen-bond acceptors (Lipinski definition) is 9. The molecule has 13 heteroatoms. The van der Waals surface area contributed by atoms with Crippen molar-refractivity contribution in [3.63, 3.8) is 0 Å². The molecule has 0 aliphatic carbocycles. The van der Waals surface area contributed by atoms with Crippen LogP contribution in [0, 0.1) is 11.8 Å². The summed E-state index contributed by atoms with van der Waals surface area (Å²) in [6.07, 6.45) is 8.03. The van der Waals surface area contributed by atoms with Gasteiger partial charge in [-0.05, 0) is 69.2 Å². The van der Waals surface area contributed by atoms with Crippen molar-refractivity contribution < 1.29 is 28.6 Å². The molecule has 3 aromatic rings. The molecule has 0 radical (unpaired) electrons. The largest absolute Gasteiger partial charge is 0.488 e. The van der Waals surface area contributed by atoms with E-state index in [0.717, 1.165) is 94.2 Å². The van der Waals surface area contributed by atoms with Crippen LogP contribution in [0.15, 0.2) is 36.7 Å². The number of carbonyl (C=O) groups excluding carboxylic acids is 3. The van der Waals surface area contributed by atoms with E-state index in [2.05, 4.69) is 72.9 Å². The van der Waals surface area contributed by atoms with Crippen molar-refractivity contribution in [1.82, 2.24) is 35.7 Å². The number of methoxy groups -OCH3 is 1. The summed E-state index contributed by atoms with van der Waals surface area (Å²) in [4.78, 5) is 51.5. The summed E-state index contributed by atoms with van der Waals surface area (Å²) in [6, 6.07) is 7.46. The fourth-order valence-corrected chi connectivity index (χ4v) is 8.76. The van der Waals surface area contributed by atoms with Crippen molar-refractivity contribution in [3.05, 3.63) is 59.2 Å². The lowest BCUT2D eigenvalue weighted by Crippen LogP contribution is -2.64. The molecule has 4 N–H and O–H groups in total. The zero-order chi connectivity index (χ0) is 40.6. The molecule has 4 aliphatic rings. The molecule has 2 aromatic carbocycles. The van der Waals surface area contributed by atoms with Gasteiger partial charge in [0.2, 0.25) is 11.8 Å². The van der Waals surface area contributed by atoms with Crippen LogP contribution in [0.1, 0.15) is 116 Å². The summed E-state index contributed by atoms with van der Waals surface area (Å²) in [5, 5.41) is 10.1. The Balaban J connectivity index is 1.09. The van der Waals surface area contributed by atoms with E-state index in [4.69, 9.17) is 19.2 Å². The summed E-state index contributed by atoms with van der Waals surface area (Å²) in [5.74, 6) is 2.73. The van der Waals surface area contributed by atoms with Crippen molar-refractivity contribution in [2.45, 2.75) is 124 Å². The minimum Gasteiger partial charge on any atom is -0.488 e. The normalized spacial score (nSPS) is 21.1. The number of carbonyl (C=O) groups is 3. The number of aromatic nitrogens is 2. The Labute approximate surface area is 336 Å². The van der Waals surface area contributed by atoms with Crippen LogP contribution in [0.2, 0.25) is 0 Å². The monoisotopic (exact) mass is 781 g/mol. The smallest absolute Gasteiger partial charge is 0.407 e. The number of nitrogens with one attached hydrogen (secondary N) is 4. The van der Waals surface area contributed by atoms with Gasteiger partial charge in [-0.3, -0.25) is 9.59 Å². The standard InChI is InChI=1S/C44H59N7O6/c1-9-14-50(37(52)16-25(4)10-2)27(6)41-45-21-32(47-41)28-17-30-23-57-35-20-29(18-31-24-56-34(19-28)38(30)39(31)35)33-22-46-44(7,49-33)36-13-12-15-51(36)42(53)40(26(5)11-3)48-43(54)55-8/h17-22,25-27,36,40,46,49H,9-16,23-24H2,1-8H3,(H,45,47)(H,48,54)/t25-,26-,27-,36-,40?,44?/m0/s1. The van der Waals surface area contributed by atoms with Gasteiger partial charge in [0.25, 0.3) is 0 Å². The number of rotatable bonds is 14. The number of benzene rings is 2. The summed E-state index contributed by atoms with van der Waals surface area (Å²) < 4.78 is 17.8. The number of alkyl carbamates (subject to hydrolysis) is 1. The van der Waals surface area contributed by atoms with Crippen LogP contribution in [-0.2, 0) is 27.5 Å². The lowest BCUT2D eigenvalue weighted by molar-refractivity contribution is -0.137. The fraction of sp³-hybridized carbons (Fsp3) is 0.545. The first-order valence-electron chi connectivity index (χ1n) is 20.7. The third-order valence-corrected chi connectivity index (χ3v) is 12.5. The summed E-state index contributed by atoms with van der Waals surface area (Å²) in [7, 11) is 1.31. The predicted octanol–water partition coefficient (Wildman–Crippen LogP) is 7.23. The molecule has 7 rings (SSSR count). The van der Waals surface area contributed by atoms with E-state index >= 15 is 0 Å². The van der Waals surface area contributed by atoms with Gasteiger partial charge in [0.1, 0.15) is 42.2 Å². The van der Waals surface area contributed by atoms with Crippen molar-refractivity contribution in [2.24, 2.45) is 11.8 Å². The van der Waals surface area contributed by atoms with E-state index in [0.29, 0.717) is 38.6 Å². The first kappa shape index (κ1) is 40.0. The second-order valence-corrected chi connectivity index (χ2v) is 16.5. The Morgan fingerprint density at radius 1 is 1.02 bits per heavy atom. The molecular weight excluding hydrogens is 723 g/mol. The van der Waals surface area contributed by atoms with Gasteiger partial charge in [-0.2, -0.15) is 0 Å². The number of imidazole rings is 1. The highest BCUT2D eigenvalue weighted by molar-refractivity contribution is 5.89. The van der Waals surface area contributed by atoms with Gasteiger partial charge in [-0.25, -0.2) is 9.78 Å². The zero-order valence-corrected chi connectivity index (χ0v) is 34.7. The Hall–Kier alpha value is -5.20. The van der Waals surface area contributed by atoms with E-state index in [1.54, 1.807) is 0 Å². The van der Waals surface area contributed by atoms with Crippen LogP contribution >= 0.6 is 0 Å². The third-order valence-electron chi connectivity index (χ3n) is 12.5. The number of nitrogens with zero attached hydrogens (tertiary/aromatic N) is 3. The molecule has 0 saturated carbocycles. The Morgan fingerprint density at radius 3 is 2.35 bits per heavy atom. The SMILES string of the molecule is CCCN(C(=O)C[C@@H](C)CC)[C@@H](C)c1ncc(-c2cc3c4c(c2)OCc2cc(C5=CNC(C)([C@@H]6CCCN6C(=O)C(NC(=O)OC)[C@@H](C)CC)N5)cc(c2-4)OC3)[nH]1. The van der Waals surface area contributed by atoms with E-state index < -0.39 is 17.8 Å². The molecule has 57 heavy (non-hydrogen) atoms. The van der Waals surface area contributed by atoms with Gasteiger partial charge in [-0.1, -0.05) is 47.5 Å². The maximum atomic E-state index is 14.0. The molecule has 1 aromatic heterocycles. The molecule has 306 valence electrons. The quantitative estimate of drug-likeness (QED) is 0.133. The minimum atomic E-state index is -0.673. The van der Waals surface area contributed by atoms with E-state index in [1.165, 1.54) is 7.11 Å². The van der Waals surface area contributed by atoms with Crippen LogP contribution in [-0.4, -0.2) is 75.6 Å². The number of hydrogen-bond donors (Lipinski definition) is 4. The number of likely N-dealkylation sites (tertiary alicyclic amines) is 1. The second kappa shape index (κ2) is 16.3. The van der Waals surface area contributed by atoms with Crippen molar-refractivity contribution >= 4 is 23.6 Å². The average Bonchev–Trinajstić information content (AvgIpc) is 4.01. The van der Waals surface area contributed by atoms with E-state index in [-0.39, 0.29) is 29.8 Å². The second-order valence-electron chi connectivity index (χ2n) is 16.5. The first-order valence-corrected chi connectivity index (χ1v) is 20.7. The maximum absolute atomic E-state index is 14.0. The van der Waals surface area contributed by atoms with Gasteiger partial charge in [0.15, 0.2) is 0 Å². The lowest BCUT2D eigenvalue weighted by atomic mass is 9.87. The topological polar surface area (TPSA) is 150 Å². The maximum Gasteiger partial charge on any atom is 0.407 e. The molecule has 0 spiro atoms. The van der Waals surface area contributed by atoms with Gasteiger partial charge in [0, 0.05) is 59.1 Å². The van der Waals surface area contributed by atoms with Crippen molar-refractivity contribution in [2.75, 3.05) is 20.2 Å². The van der Waals surface area contributed by atoms with Crippen LogP contribution in [0.4, 0.5) is 4.79 Å². The highest BCUT2D eigenvalue weighted by Crippen LogP contribution is 2.50. The molecule has 1 saturated heterocycles. The molecule has 13 nitrogen and oxygen atoms in total. The van der Waals surface area contributed by atoms with Gasteiger partial charge >= 0.3 is 6.09 Å². The van der Waals surface area contributed by atoms with E-state index in [9.17, 15) is 14.4 Å². The molecule has 3 amide bonds. The summed E-state index contributed by atoms with van der Waals surface area (Å²) in [6.45, 7) is 16.5. The zero-order valence-electron chi connectivity index (χ0n) is 34.7. The van der Waals surface area contributed by atoms with Crippen LogP contribution in [0.5, 0.6) is 11.5 Å². The predicted molar refractivity (Wildman–Crippen MR) is 219 cm³/mol. The summed E-state index contributed by atoms with van der Waals surface area (Å²) in [5.41, 5.74) is 7.25. The van der Waals surface area contributed by atoms with Gasteiger partial charge in [0.05, 0.1) is 36.8 Å². The molecule has 1 fully saturated rings. The molecule has 2 unspecified atom stereocenters. The number of ether oxygens (including phenoxy) is 3. The molecular formula is C44H59N7O6. The minimum absolute atomic E-state index is 0.0538. The highest BCUT2D eigenvalue weighted by atomic mass is 16.5. The Bertz CT molecular complexity index is 1990. The van der Waals surface area contributed by atoms with Gasteiger partial charge in [-0.15, -0.1) is 0 Å². The molecule has 6 atom stereocenters. The van der Waals surface area contributed by atoms with E-state index in [1.807, 2.05) is 43.0 Å². The van der Waals surface area contributed by atoms with Crippen molar-refractivity contribution in [1.29, 1.82) is 0 Å². The number of H-pyrrole nitrogens is 1. The average molecular weight is 782 g/mol. The molecule has 5 heterocycles. The first-order chi connectivity index (χ1) is 27.4. The highest BCUT2D eigenvalue weighted by Gasteiger charge is 2.47. The summed E-state index contributed by atoms with van der Waals surface area (Å²) >= 11 is 0. The number of aromatic amines is 1. The van der Waals surface area contributed by atoms with Crippen molar-refractivity contribution in [3.8, 4) is 33.9 Å². The lowest BCUT2D eigenvalue weighted by Gasteiger charge is -2.40. The third kappa shape index (κ3) is 7.64. The fourth-order valence-electron chi connectivity index (χ4n) is 8.76. The van der Waals surface area contributed by atoms with Crippen LogP contribution < -0.4 is 25.4 Å². The van der Waals surface area contributed by atoms with Crippen LogP contribution in [0.25, 0.3) is 28.1 Å². The number of amides is 3.